The molecule has 0 radical (unpaired) electrons. The van der Waals surface area contributed by atoms with Crippen molar-refractivity contribution in [2.45, 2.75) is 32.2 Å². The Bertz CT molecular complexity index is 937. The molecule has 3 aromatic rings. The smallest absolute Gasteiger partial charge is 0.199 e. The maximum Gasteiger partial charge on any atom is 0.199 e. The van der Waals surface area contributed by atoms with E-state index in [0.29, 0.717) is 23.9 Å². The second kappa shape index (κ2) is 9.19. The Morgan fingerprint density at radius 1 is 1.14 bits per heavy atom. The molecule has 29 heavy (non-hydrogen) atoms. The number of aromatic amines is 1. The lowest BCUT2D eigenvalue weighted by atomic mass is 9.93. The summed E-state index contributed by atoms with van der Waals surface area (Å²) in [7, 11) is 0. The van der Waals surface area contributed by atoms with Crippen LogP contribution in [0.1, 0.15) is 36.9 Å². The van der Waals surface area contributed by atoms with E-state index in [4.69, 9.17) is 14.6 Å². The Hall–Kier alpha value is -2.71. The number of nitrogens with zero attached hydrogens (tertiary/aromatic N) is 4. The molecule has 4 rings (SSSR count). The van der Waals surface area contributed by atoms with Crippen LogP contribution in [-0.4, -0.2) is 63.1 Å². The van der Waals surface area contributed by atoms with E-state index in [-0.39, 0.29) is 13.2 Å². The quantitative estimate of drug-likeness (QED) is 0.603. The van der Waals surface area contributed by atoms with Crippen molar-refractivity contribution < 1.29 is 14.6 Å². The van der Waals surface area contributed by atoms with Gasteiger partial charge in [-0.25, -0.2) is 9.97 Å². The highest BCUT2D eigenvalue weighted by Gasteiger charge is 2.24. The molecule has 0 bridgehead atoms. The summed E-state index contributed by atoms with van der Waals surface area (Å²) in [5.41, 5.74) is 3.89. The Morgan fingerprint density at radius 3 is 2.76 bits per heavy atom. The Labute approximate surface area is 169 Å². The summed E-state index contributed by atoms with van der Waals surface area (Å²) in [6.45, 7) is 5.67. The maximum atomic E-state index is 8.98. The molecule has 0 amide bonds. The number of likely N-dealkylation sites (tertiary alicyclic amines) is 1. The predicted octanol–water partition coefficient (Wildman–Crippen LogP) is 2.50. The Balaban J connectivity index is 1.38. The number of aliphatic hydroxyl groups excluding tert-OH is 1. The molecule has 8 heteroatoms. The number of nitrogens with one attached hydrogen (secondary N) is 1. The number of H-pyrrole nitrogens is 1. The molecule has 0 spiro atoms. The molecule has 3 heterocycles. The second-order valence-electron chi connectivity index (χ2n) is 7.20. The summed E-state index contributed by atoms with van der Waals surface area (Å²) in [5.74, 6) is 1.84. The van der Waals surface area contributed by atoms with Gasteiger partial charge in [-0.15, -0.1) is 0 Å². The van der Waals surface area contributed by atoms with Gasteiger partial charge in [0.15, 0.2) is 17.1 Å². The highest BCUT2D eigenvalue weighted by molar-refractivity contribution is 5.72. The molecular weight excluding hydrogens is 370 g/mol. The molecule has 0 saturated carbocycles. The van der Waals surface area contributed by atoms with Gasteiger partial charge in [0.25, 0.3) is 0 Å². The summed E-state index contributed by atoms with van der Waals surface area (Å²) in [4.78, 5) is 11.2. The number of aromatic nitrogens is 4. The average Bonchev–Trinajstić information content (AvgIpc) is 3.18. The number of aliphatic hydroxyl groups is 1. The molecule has 2 aromatic heterocycles. The molecule has 1 aliphatic heterocycles. The van der Waals surface area contributed by atoms with Gasteiger partial charge in [-0.1, -0.05) is 6.07 Å². The Morgan fingerprint density at radius 2 is 1.97 bits per heavy atom. The van der Waals surface area contributed by atoms with Crippen molar-refractivity contribution in [3.05, 3.63) is 41.9 Å². The summed E-state index contributed by atoms with van der Waals surface area (Å²) >= 11 is 0. The minimum atomic E-state index is -0.0144. The number of hydrogen-bond acceptors (Lipinski definition) is 7. The minimum absolute atomic E-state index is 0.0144. The van der Waals surface area contributed by atoms with Gasteiger partial charge in [-0.3, -0.25) is 10.00 Å². The van der Waals surface area contributed by atoms with E-state index in [1.54, 1.807) is 12.4 Å². The number of hydrogen-bond donors (Lipinski definition) is 2. The van der Waals surface area contributed by atoms with E-state index in [9.17, 15) is 0 Å². The fourth-order valence-electron chi connectivity index (χ4n) is 3.89. The van der Waals surface area contributed by atoms with Gasteiger partial charge in [0.2, 0.25) is 0 Å². The standard InChI is InChI=1S/C21H27N5O3/c1-2-28-18-13-15(3-4-17(18)29-12-11-27)14-26-9-5-16(6-10-26)19-20-21(25-24-19)23-8-7-22-20/h3-4,7-8,13,16,27H,2,5-6,9-12,14H2,1H3,(H,23,24,25). The fraction of sp³-hybridized carbons (Fsp3) is 0.476. The lowest BCUT2D eigenvalue weighted by Gasteiger charge is -2.31. The number of fused-ring (bicyclic) bond motifs is 1. The molecule has 8 nitrogen and oxygen atoms in total. The van der Waals surface area contributed by atoms with Crippen molar-refractivity contribution >= 4 is 11.2 Å². The van der Waals surface area contributed by atoms with Crippen molar-refractivity contribution in [3.8, 4) is 11.5 Å². The lowest BCUT2D eigenvalue weighted by Crippen LogP contribution is -2.32. The first-order valence-electron chi connectivity index (χ1n) is 10.1. The van der Waals surface area contributed by atoms with Crippen LogP contribution in [0.4, 0.5) is 0 Å². The summed E-state index contributed by atoms with van der Waals surface area (Å²) in [5, 5.41) is 16.4. The molecule has 1 aliphatic rings. The number of ether oxygens (including phenoxy) is 2. The van der Waals surface area contributed by atoms with Gasteiger partial charge in [0.05, 0.1) is 18.9 Å². The SMILES string of the molecule is CCOc1cc(CN2CCC(c3[nH]nc4nccnc34)CC2)ccc1OCCO. The van der Waals surface area contributed by atoms with E-state index in [1.165, 1.54) is 5.56 Å². The van der Waals surface area contributed by atoms with Crippen LogP contribution in [0.15, 0.2) is 30.6 Å². The van der Waals surface area contributed by atoms with Crippen molar-refractivity contribution in [1.82, 2.24) is 25.1 Å². The van der Waals surface area contributed by atoms with E-state index >= 15 is 0 Å². The first-order chi connectivity index (χ1) is 14.3. The minimum Gasteiger partial charge on any atom is -0.490 e. The van der Waals surface area contributed by atoms with E-state index < -0.39 is 0 Å². The van der Waals surface area contributed by atoms with E-state index in [1.807, 2.05) is 19.1 Å². The summed E-state index contributed by atoms with van der Waals surface area (Å²) < 4.78 is 11.3. The largest absolute Gasteiger partial charge is 0.490 e. The van der Waals surface area contributed by atoms with Crippen molar-refractivity contribution in [1.29, 1.82) is 0 Å². The van der Waals surface area contributed by atoms with Crippen molar-refractivity contribution in [2.24, 2.45) is 0 Å². The molecule has 0 aliphatic carbocycles. The summed E-state index contributed by atoms with van der Waals surface area (Å²) in [6.07, 6.45) is 5.51. The molecular formula is C21H27N5O3. The van der Waals surface area contributed by atoms with E-state index in [0.717, 1.165) is 49.4 Å². The van der Waals surface area contributed by atoms with Gasteiger partial charge >= 0.3 is 0 Å². The lowest BCUT2D eigenvalue weighted by molar-refractivity contribution is 0.193. The first-order valence-corrected chi connectivity index (χ1v) is 10.1. The molecule has 2 N–H and O–H groups in total. The molecule has 1 fully saturated rings. The van der Waals surface area contributed by atoms with Crippen LogP contribution in [0.25, 0.3) is 11.2 Å². The van der Waals surface area contributed by atoms with Gasteiger partial charge in [0.1, 0.15) is 12.1 Å². The molecule has 1 aromatic carbocycles. The second-order valence-corrected chi connectivity index (χ2v) is 7.20. The highest BCUT2D eigenvalue weighted by atomic mass is 16.5. The van der Waals surface area contributed by atoms with Gasteiger partial charge < -0.3 is 14.6 Å². The van der Waals surface area contributed by atoms with Crippen LogP contribution in [0.5, 0.6) is 11.5 Å². The highest BCUT2D eigenvalue weighted by Crippen LogP contribution is 2.32. The van der Waals surface area contributed by atoms with Crippen LogP contribution < -0.4 is 9.47 Å². The summed E-state index contributed by atoms with van der Waals surface area (Å²) in [6, 6.07) is 6.04. The zero-order chi connectivity index (χ0) is 20.1. The van der Waals surface area contributed by atoms with Gasteiger partial charge in [-0.05, 0) is 50.6 Å². The predicted molar refractivity (Wildman–Crippen MR) is 109 cm³/mol. The number of rotatable bonds is 8. The number of benzene rings is 1. The van der Waals surface area contributed by atoms with Crippen LogP contribution >= 0.6 is 0 Å². The van der Waals surface area contributed by atoms with E-state index in [2.05, 4.69) is 31.1 Å². The zero-order valence-electron chi connectivity index (χ0n) is 16.7. The normalized spacial score (nSPS) is 15.7. The van der Waals surface area contributed by atoms with Gasteiger partial charge in [0, 0.05) is 24.9 Å². The average molecular weight is 397 g/mol. The number of piperidine rings is 1. The first kappa shape index (κ1) is 19.6. The zero-order valence-corrected chi connectivity index (χ0v) is 16.7. The van der Waals surface area contributed by atoms with Crippen LogP contribution in [0.3, 0.4) is 0 Å². The fourth-order valence-corrected chi connectivity index (χ4v) is 3.89. The third-order valence-electron chi connectivity index (χ3n) is 5.28. The van der Waals surface area contributed by atoms with Crippen molar-refractivity contribution in [3.63, 3.8) is 0 Å². The molecule has 154 valence electrons. The molecule has 1 saturated heterocycles. The third-order valence-corrected chi connectivity index (χ3v) is 5.28. The molecule has 0 unspecified atom stereocenters. The monoisotopic (exact) mass is 397 g/mol. The third kappa shape index (κ3) is 4.49. The van der Waals surface area contributed by atoms with Crippen molar-refractivity contribution in [2.75, 3.05) is 32.9 Å². The molecule has 0 atom stereocenters. The maximum absolute atomic E-state index is 8.98. The topological polar surface area (TPSA) is 96.4 Å². The van der Waals surface area contributed by atoms with Crippen LogP contribution in [-0.2, 0) is 6.54 Å². The van der Waals surface area contributed by atoms with Crippen LogP contribution in [0.2, 0.25) is 0 Å². The Kier molecular flexibility index (Phi) is 6.21. The van der Waals surface area contributed by atoms with Crippen LogP contribution in [0, 0.1) is 0 Å². The van der Waals surface area contributed by atoms with Gasteiger partial charge in [-0.2, -0.15) is 5.10 Å².